The van der Waals surface area contributed by atoms with Crippen molar-refractivity contribution in [2.24, 2.45) is 11.3 Å². The smallest absolute Gasteiger partial charge is 0.316 e. The number of hydrogen-bond donors (Lipinski definition) is 1. The van der Waals surface area contributed by atoms with Crippen LogP contribution in [-0.4, -0.2) is 42.7 Å². The maximum absolute atomic E-state index is 12.2. The summed E-state index contributed by atoms with van der Waals surface area (Å²) in [5.74, 6) is -0.0711. The molecule has 44 heavy (non-hydrogen) atoms. The molecule has 9 nitrogen and oxygen atoms in total. The predicted octanol–water partition coefficient (Wildman–Crippen LogP) is 6.50. The van der Waals surface area contributed by atoms with E-state index in [1.54, 1.807) is 12.4 Å². The Balaban J connectivity index is 1.21. The lowest BCUT2D eigenvalue weighted by Crippen LogP contribution is -2.07. The lowest BCUT2D eigenvalue weighted by atomic mass is 10.1. The molecule has 1 aliphatic carbocycles. The van der Waals surface area contributed by atoms with Crippen LogP contribution in [0.1, 0.15) is 36.8 Å². The molecule has 1 fully saturated rings. The van der Waals surface area contributed by atoms with Crippen LogP contribution in [0.15, 0.2) is 91.3 Å². The maximum Gasteiger partial charge on any atom is 0.316 e. The van der Waals surface area contributed by atoms with E-state index in [1.165, 1.54) is 7.11 Å². The molecule has 0 spiro atoms. The second-order valence-corrected chi connectivity index (χ2v) is 11.8. The molecule has 0 unspecified atom stereocenters. The lowest BCUT2D eigenvalue weighted by molar-refractivity contribution is -0.139. The third-order valence-electron chi connectivity index (χ3n) is 8.58. The predicted molar refractivity (Wildman–Crippen MR) is 167 cm³/mol. The fraction of sp³-hybridized carbons (Fsp3) is 0.229. The zero-order valence-corrected chi connectivity index (χ0v) is 24.6. The molecular weight excluding hydrogens is 554 g/mol. The Morgan fingerprint density at radius 2 is 1.73 bits per heavy atom. The van der Waals surface area contributed by atoms with Gasteiger partial charge in [-0.3, -0.25) is 4.79 Å². The Labute approximate surface area is 254 Å². The van der Waals surface area contributed by atoms with Crippen LogP contribution in [0.25, 0.3) is 33.1 Å². The van der Waals surface area contributed by atoms with Gasteiger partial charge in [-0.1, -0.05) is 56.3 Å². The Morgan fingerprint density at radius 3 is 2.50 bits per heavy atom. The van der Waals surface area contributed by atoms with Gasteiger partial charge in [-0.25, -0.2) is 19.9 Å². The van der Waals surface area contributed by atoms with E-state index in [-0.39, 0.29) is 5.92 Å². The van der Waals surface area contributed by atoms with Crippen LogP contribution in [0.5, 0.6) is 11.8 Å². The van der Waals surface area contributed by atoms with Crippen molar-refractivity contribution in [1.82, 2.24) is 24.5 Å². The number of carboxylic acids is 1. The standard InChI is InChI=1S/C35H31N5O4/c1-35(2)30(31(35)33(41)42)32-39-28-16-26(44-20-25-12-11-22-8-4-5-10-27(22)38-25)13-14-29(28)40(32)19-21-7-6-9-23(15-21)24-17-36-34(43-3)37-18-24/h4-18,30-31H,19-20H2,1-3H3,(H,41,42)/t30-,31+/m0/s1. The molecule has 7 rings (SSSR count). The van der Waals surface area contributed by atoms with E-state index in [9.17, 15) is 9.90 Å². The SMILES string of the molecule is COc1ncc(-c2cccc(Cn3c([C@@H]4[C@H](C(=O)O)C4(C)C)nc4cc(OCc5ccc6ccccc6n5)ccc43)c2)cn1. The maximum atomic E-state index is 12.2. The number of carboxylic acid groups (broad SMARTS) is 1. The molecule has 3 aromatic carbocycles. The molecule has 0 amide bonds. The molecule has 3 aromatic heterocycles. The summed E-state index contributed by atoms with van der Waals surface area (Å²) >= 11 is 0. The molecule has 3 heterocycles. The topological polar surface area (TPSA) is 112 Å². The van der Waals surface area contributed by atoms with Crippen molar-refractivity contribution >= 4 is 27.9 Å². The van der Waals surface area contributed by atoms with Crippen LogP contribution in [-0.2, 0) is 17.9 Å². The summed E-state index contributed by atoms with van der Waals surface area (Å²) in [6.07, 6.45) is 3.48. The molecular formula is C35H31N5O4. The van der Waals surface area contributed by atoms with Gasteiger partial charge in [0.15, 0.2) is 0 Å². The first-order valence-electron chi connectivity index (χ1n) is 14.5. The molecule has 2 atom stereocenters. The molecule has 9 heteroatoms. The van der Waals surface area contributed by atoms with Gasteiger partial charge in [0, 0.05) is 41.9 Å². The van der Waals surface area contributed by atoms with Gasteiger partial charge in [0.2, 0.25) is 0 Å². The number of aliphatic carboxylic acids is 1. The zero-order chi connectivity index (χ0) is 30.4. The number of fused-ring (bicyclic) bond motifs is 2. The van der Waals surface area contributed by atoms with E-state index < -0.39 is 17.3 Å². The van der Waals surface area contributed by atoms with Crippen molar-refractivity contribution in [2.45, 2.75) is 32.9 Å². The van der Waals surface area contributed by atoms with Gasteiger partial charge in [-0.2, -0.15) is 0 Å². The molecule has 1 N–H and O–H groups in total. The van der Waals surface area contributed by atoms with Gasteiger partial charge in [-0.05, 0) is 46.9 Å². The first-order chi connectivity index (χ1) is 21.3. The quantitative estimate of drug-likeness (QED) is 0.205. The number of nitrogens with zero attached hydrogens (tertiary/aromatic N) is 5. The van der Waals surface area contributed by atoms with Gasteiger partial charge in [0.25, 0.3) is 0 Å². The van der Waals surface area contributed by atoms with E-state index in [2.05, 4.69) is 26.7 Å². The third-order valence-corrected chi connectivity index (χ3v) is 8.58. The fourth-order valence-electron chi connectivity index (χ4n) is 6.15. The van der Waals surface area contributed by atoms with E-state index in [1.807, 2.05) is 80.6 Å². The van der Waals surface area contributed by atoms with Crippen molar-refractivity contribution in [1.29, 1.82) is 0 Å². The highest BCUT2D eigenvalue weighted by molar-refractivity contribution is 5.81. The molecule has 6 aromatic rings. The third kappa shape index (κ3) is 5.00. The number of aromatic nitrogens is 5. The van der Waals surface area contributed by atoms with Crippen molar-refractivity contribution < 1.29 is 19.4 Å². The minimum Gasteiger partial charge on any atom is -0.487 e. The fourth-order valence-corrected chi connectivity index (χ4v) is 6.15. The summed E-state index contributed by atoms with van der Waals surface area (Å²) in [6, 6.07) is 26.4. The normalized spacial score (nSPS) is 17.1. The van der Waals surface area contributed by atoms with Crippen LogP contribution in [0.4, 0.5) is 0 Å². The van der Waals surface area contributed by atoms with Crippen molar-refractivity contribution in [2.75, 3.05) is 7.11 Å². The van der Waals surface area contributed by atoms with E-state index in [0.29, 0.717) is 24.9 Å². The van der Waals surface area contributed by atoms with E-state index in [4.69, 9.17) is 19.4 Å². The highest BCUT2D eigenvalue weighted by Gasteiger charge is 2.64. The second-order valence-electron chi connectivity index (χ2n) is 11.8. The molecule has 220 valence electrons. The van der Waals surface area contributed by atoms with E-state index in [0.717, 1.165) is 50.1 Å². The molecule has 0 aliphatic heterocycles. The van der Waals surface area contributed by atoms with Crippen LogP contribution >= 0.6 is 0 Å². The highest BCUT2D eigenvalue weighted by Crippen LogP contribution is 2.64. The molecule has 1 aliphatic rings. The summed E-state index contributed by atoms with van der Waals surface area (Å²) in [6.45, 7) is 4.84. The first-order valence-corrected chi connectivity index (χ1v) is 14.5. The van der Waals surface area contributed by atoms with Crippen LogP contribution in [0.3, 0.4) is 0 Å². The summed E-state index contributed by atoms with van der Waals surface area (Å²) < 4.78 is 13.4. The Kier molecular flexibility index (Phi) is 6.73. The molecule has 0 radical (unpaired) electrons. The molecule has 1 saturated carbocycles. The number of imidazole rings is 1. The van der Waals surface area contributed by atoms with Crippen LogP contribution < -0.4 is 9.47 Å². The number of ether oxygens (including phenoxy) is 2. The highest BCUT2D eigenvalue weighted by atomic mass is 16.5. The number of hydrogen-bond acceptors (Lipinski definition) is 7. The second kappa shape index (κ2) is 10.8. The van der Waals surface area contributed by atoms with Gasteiger partial charge in [0.1, 0.15) is 18.2 Å². The Bertz CT molecular complexity index is 2020. The largest absolute Gasteiger partial charge is 0.487 e. The van der Waals surface area contributed by atoms with Gasteiger partial charge in [-0.15, -0.1) is 0 Å². The lowest BCUT2D eigenvalue weighted by Gasteiger charge is -2.12. The first kappa shape index (κ1) is 27.5. The van der Waals surface area contributed by atoms with Crippen molar-refractivity contribution in [3.8, 4) is 22.9 Å². The van der Waals surface area contributed by atoms with Crippen LogP contribution in [0.2, 0.25) is 0 Å². The number of carbonyl (C=O) groups is 1. The molecule has 0 bridgehead atoms. The summed E-state index contributed by atoms with van der Waals surface area (Å²) in [5, 5.41) is 11.1. The van der Waals surface area contributed by atoms with Gasteiger partial charge < -0.3 is 19.1 Å². The summed E-state index contributed by atoms with van der Waals surface area (Å²) in [4.78, 5) is 30.4. The zero-order valence-electron chi connectivity index (χ0n) is 24.6. The summed E-state index contributed by atoms with van der Waals surface area (Å²) in [7, 11) is 1.54. The van der Waals surface area contributed by atoms with Crippen molar-refractivity contribution in [3.63, 3.8) is 0 Å². The number of benzene rings is 3. The average Bonchev–Trinajstić information content (AvgIpc) is 3.46. The Hall–Kier alpha value is -5.31. The number of rotatable bonds is 9. The summed E-state index contributed by atoms with van der Waals surface area (Å²) in [5.41, 5.74) is 5.93. The number of methoxy groups -OCH3 is 1. The van der Waals surface area contributed by atoms with Crippen LogP contribution in [0, 0.1) is 11.3 Å². The van der Waals surface area contributed by atoms with E-state index >= 15 is 0 Å². The molecule has 0 saturated heterocycles. The van der Waals surface area contributed by atoms with Gasteiger partial charge in [0.05, 0.1) is 35.3 Å². The number of para-hydroxylation sites is 1. The Morgan fingerprint density at radius 1 is 0.909 bits per heavy atom. The van der Waals surface area contributed by atoms with Crippen molar-refractivity contribution in [3.05, 3.63) is 108 Å². The van der Waals surface area contributed by atoms with Gasteiger partial charge >= 0.3 is 12.0 Å². The minimum atomic E-state index is -0.799. The number of pyridine rings is 1. The average molecular weight is 586 g/mol. The minimum absolute atomic E-state index is 0.211. The monoisotopic (exact) mass is 585 g/mol.